The molecule has 1 fully saturated rings. The number of amides is 3. The predicted octanol–water partition coefficient (Wildman–Crippen LogP) is 5.42. The minimum absolute atomic E-state index is 0.126. The number of benzene rings is 2. The van der Waals surface area contributed by atoms with E-state index < -0.39 is 24.4 Å². The van der Waals surface area contributed by atoms with Gasteiger partial charge in [-0.2, -0.15) is 13.2 Å². The van der Waals surface area contributed by atoms with Crippen molar-refractivity contribution in [3.05, 3.63) is 78.3 Å². The number of rotatable bonds is 7. The third kappa shape index (κ3) is 6.58. The zero-order chi connectivity index (χ0) is 26.4. The summed E-state index contributed by atoms with van der Waals surface area (Å²) in [6, 6.07) is 15.5. The Bertz CT molecular complexity index is 1230. The lowest BCUT2D eigenvalue weighted by Gasteiger charge is -2.33. The van der Waals surface area contributed by atoms with Crippen LogP contribution in [0.2, 0.25) is 0 Å². The van der Waals surface area contributed by atoms with Crippen molar-refractivity contribution >= 4 is 23.4 Å². The fourth-order valence-corrected chi connectivity index (χ4v) is 4.15. The van der Waals surface area contributed by atoms with Gasteiger partial charge in [-0.1, -0.05) is 36.4 Å². The Morgan fingerprint density at radius 1 is 0.946 bits per heavy atom. The molecule has 1 aromatic heterocycles. The number of Topliss-reactive ketones (excluding diaryl/α,β-unsaturated/α-hetero) is 1. The minimum atomic E-state index is -5.05. The van der Waals surface area contributed by atoms with Crippen molar-refractivity contribution in [1.29, 1.82) is 0 Å². The van der Waals surface area contributed by atoms with Crippen molar-refractivity contribution in [2.75, 3.05) is 24.5 Å². The smallest absolute Gasteiger partial charge is 0.471 e. The van der Waals surface area contributed by atoms with Gasteiger partial charge in [0.1, 0.15) is 0 Å². The van der Waals surface area contributed by atoms with E-state index in [4.69, 9.17) is 4.42 Å². The van der Waals surface area contributed by atoms with E-state index in [9.17, 15) is 27.6 Å². The first kappa shape index (κ1) is 26.0. The minimum Gasteiger partial charge on any atom is -0.472 e. The zero-order valence-corrected chi connectivity index (χ0v) is 20.0. The first-order valence-corrected chi connectivity index (χ1v) is 11.9. The first-order chi connectivity index (χ1) is 17.7. The summed E-state index contributed by atoms with van der Waals surface area (Å²) < 4.78 is 42.3. The maximum Gasteiger partial charge on any atom is 0.471 e. The maximum absolute atomic E-state index is 13.6. The summed E-state index contributed by atoms with van der Waals surface area (Å²) >= 11 is 0. The standard InChI is InChI=1S/C27H26F3N3O4/c28-27(29,30)25(35)31-16-24(34)20-9-7-19(8-10-20)17-33(26(36)32-12-2-1-3-13-32)23-6-4-5-21(15-23)22-11-14-37-18-22/h4-11,14-15,18H,1-3,12-13,16-17H2,(H,31,35). The Hall–Kier alpha value is -4.08. The molecule has 0 unspecified atom stereocenters. The van der Waals surface area contributed by atoms with Gasteiger partial charge in [-0.3, -0.25) is 14.5 Å². The molecule has 1 aliphatic rings. The number of carbonyl (C=O) groups excluding carboxylic acids is 3. The van der Waals surface area contributed by atoms with Gasteiger partial charge in [-0.05, 0) is 48.6 Å². The molecule has 1 aliphatic heterocycles. The second-order valence-electron chi connectivity index (χ2n) is 8.78. The van der Waals surface area contributed by atoms with E-state index in [-0.39, 0.29) is 18.1 Å². The summed E-state index contributed by atoms with van der Waals surface area (Å²) in [5.74, 6) is -2.82. The van der Waals surface area contributed by atoms with Gasteiger partial charge in [0.2, 0.25) is 0 Å². The average Bonchev–Trinajstić information content (AvgIpc) is 3.45. The van der Waals surface area contributed by atoms with Crippen LogP contribution in [0.15, 0.2) is 71.5 Å². The monoisotopic (exact) mass is 513 g/mol. The van der Waals surface area contributed by atoms with Crippen LogP contribution in [0.1, 0.15) is 35.2 Å². The van der Waals surface area contributed by atoms with Crippen molar-refractivity contribution in [3.8, 4) is 11.1 Å². The number of hydrogen-bond donors (Lipinski definition) is 1. The molecule has 2 heterocycles. The Kier molecular flexibility index (Phi) is 7.95. The highest BCUT2D eigenvalue weighted by Gasteiger charge is 2.38. The second-order valence-corrected chi connectivity index (χ2v) is 8.78. The summed E-state index contributed by atoms with van der Waals surface area (Å²) in [5.41, 5.74) is 3.36. The van der Waals surface area contributed by atoms with Crippen LogP contribution in [0.25, 0.3) is 11.1 Å². The number of nitrogens with one attached hydrogen (secondary N) is 1. The Morgan fingerprint density at radius 2 is 1.68 bits per heavy atom. The van der Waals surface area contributed by atoms with E-state index in [1.54, 1.807) is 34.9 Å². The van der Waals surface area contributed by atoms with Crippen molar-refractivity contribution in [1.82, 2.24) is 10.2 Å². The van der Waals surface area contributed by atoms with E-state index in [2.05, 4.69) is 0 Å². The van der Waals surface area contributed by atoms with E-state index in [0.717, 1.165) is 36.0 Å². The first-order valence-electron chi connectivity index (χ1n) is 11.9. The molecule has 3 aromatic rings. The molecule has 0 aliphatic carbocycles. The van der Waals surface area contributed by atoms with Crippen LogP contribution in [-0.4, -0.2) is 48.4 Å². The molecule has 0 atom stereocenters. The number of halogens is 3. The van der Waals surface area contributed by atoms with Crippen LogP contribution in [0.5, 0.6) is 0 Å². The lowest BCUT2D eigenvalue weighted by atomic mass is 10.1. The highest BCUT2D eigenvalue weighted by Crippen LogP contribution is 2.28. The molecular formula is C27H26F3N3O4. The number of alkyl halides is 3. The van der Waals surface area contributed by atoms with E-state index in [1.807, 2.05) is 35.2 Å². The van der Waals surface area contributed by atoms with Crippen molar-refractivity contribution in [2.24, 2.45) is 0 Å². The number of nitrogens with zero attached hydrogens (tertiary/aromatic N) is 2. The van der Waals surface area contributed by atoms with Crippen molar-refractivity contribution in [2.45, 2.75) is 32.0 Å². The van der Waals surface area contributed by atoms with Crippen LogP contribution in [0.4, 0.5) is 23.7 Å². The summed E-state index contributed by atoms with van der Waals surface area (Å²) in [4.78, 5) is 40.3. The molecule has 37 heavy (non-hydrogen) atoms. The van der Waals surface area contributed by atoms with Crippen LogP contribution >= 0.6 is 0 Å². The van der Waals surface area contributed by atoms with Crippen LogP contribution in [0, 0.1) is 0 Å². The number of furan rings is 1. The highest BCUT2D eigenvalue weighted by molar-refractivity contribution is 6.00. The fourth-order valence-electron chi connectivity index (χ4n) is 4.15. The number of anilines is 1. The Morgan fingerprint density at radius 3 is 2.32 bits per heavy atom. The van der Waals surface area contributed by atoms with Gasteiger partial charge in [0.05, 0.1) is 25.6 Å². The SMILES string of the molecule is O=C(CNC(=O)C(F)(F)F)c1ccc(CN(C(=O)N2CCCCC2)c2cccc(-c3ccoc3)c2)cc1. The molecule has 3 amide bonds. The van der Waals surface area contributed by atoms with Crippen LogP contribution in [-0.2, 0) is 11.3 Å². The lowest BCUT2D eigenvalue weighted by molar-refractivity contribution is -0.173. The normalized spacial score (nSPS) is 13.8. The van der Waals surface area contributed by atoms with Gasteiger partial charge in [-0.15, -0.1) is 0 Å². The number of hydrogen-bond acceptors (Lipinski definition) is 4. The Balaban J connectivity index is 1.52. The molecule has 2 aromatic carbocycles. The molecule has 0 spiro atoms. The molecule has 7 nitrogen and oxygen atoms in total. The summed E-state index contributed by atoms with van der Waals surface area (Å²) in [7, 11) is 0. The van der Waals surface area contributed by atoms with E-state index in [1.165, 1.54) is 12.1 Å². The van der Waals surface area contributed by atoms with Gasteiger partial charge < -0.3 is 14.6 Å². The molecule has 4 rings (SSSR count). The highest BCUT2D eigenvalue weighted by atomic mass is 19.4. The largest absolute Gasteiger partial charge is 0.472 e. The third-order valence-corrected chi connectivity index (χ3v) is 6.15. The molecule has 0 saturated carbocycles. The fraction of sp³-hybridized carbons (Fsp3) is 0.296. The van der Waals surface area contributed by atoms with Crippen molar-refractivity contribution in [3.63, 3.8) is 0 Å². The number of piperidine rings is 1. The van der Waals surface area contributed by atoms with Gasteiger partial charge >= 0.3 is 18.1 Å². The molecular weight excluding hydrogens is 487 g/mol. The third-order valence-electron chi connectivity index (χ3n) is 6.15. The van der Waals surface area contributed by atoms with Gasteiger partial charge in [0.15, 0.2) is 5.78 Å². The lowest BCUT2D eigenvalue weighted by Crippen LogP contribution is -2.45. The van der Waals surface area contributed by atoms with Gasteiger partial charge in [0.25, 0.3) is 0 Å². The molecule has 0 bridgehead atoms. The van der Waals surface area contributed by atoms with Crippen LogP contribution < -0.4 is 10.2 Å². The topological polar surface area (TPSA) is 82.9 Å². The van der Waals surface area contributed by atoms with Crippen LogP contribution in [0.3, 0.4) is 0 Å². The number of ketones is 1. The molecule has 194 valence electrons. The maximum atomic E-state index is 13.6. The molecule has 1 N–H and O–H groups in total. The van der Waals surface area contributed by atoms with E-state index in [0.29, 0.717) is 18.8 Å². The Labute approximate surface area is 211 Å². The average molecular weight is 514 g/mol. The molecule has 0 radical (unpaired) electrons. The van der Waals surface area contributed by atoms with Crippen molar-refractivity contribution < 1.29 is 32.0 Å². The predicted molar refractivity (Wildman–Crippen MR) is 131 cm³/mol. The molecule has 10 heteroatoms. The summed E-state index contributed by atoms with van der Waals surface area (Å²) in [6.45, 7) is 0.809. The van der Waals surface area contributed by atoms with Gasteiger partial charge in [-0.25, -0.2) is 4.79 Å². The summed E-state index contributed by atoms with van der Waals surface area (Å²) in [5, 5.41) is 1.58. The quantitative estimate of drug-likeness (QED) is 0.428. The zero-order valence-electron chi connectivity index (χ0n) is 20.0. The molecule has 1 saturated heterocycles. The number of carbonyl (C=O) groups is 3. The number of urea groups is 1. The number of likely N-dealkylation sites (tertiary alicyclic amines) is 1. The van der Waals surface area contributed by atoms with E-state index >= 15 is 0 Å². The second kappa shape index (κ2) is 11.3. The summed E-state index contributed by atoms with van der Waals surface area (Å²) in [6.07, 6.45) is 1.12. The van der Waals surface area contributed by atoms with Gasteiger partial charge in [0, 0.05) is 29.9 Å².